The molecule has 1 aliphatic rings. The molecule has 1 N–H and O–H groups in total. The molecular formula is C18H15N3O3S. The van der Waals surface area contributed by atoms with E-state index in [1.807, 2.05) is 19.1 Å². The lowest BCUT2D eigenvalue weighted by molar-refractivity contribution is -0.127. The monoisotopic (exact) mass is 353 g/mol. The fraction of sp³-hybridized carbons (Fsp3) is 0.111. The molecule has 7 heteroatoms. The first-order valence-corrected chi connectivity index (χ1v) is 8.37. The zero-order chi connectivity index (χ0) is 17.8. The lowest BCUT2D eigenvalue weighted by Gasteiger charge is -2.13. The predicted octanol–water partition coefficient (Wildman–Crippen LogP) is 3.07. The normalized spacial score (nSPS) is 15.7. The second-order valence-electron chi connectivity index (χ2n) is 5.41. The number of aromatic nitrogens is 1. The van der Waals surface area contributed by atoms with Crippen molar-refractivity contribution in [1.82, 2.24) is 9.88 Å². The van der Waals surface area contributed by atoms with Crippen molar-refractivity contribution in [3.8, 4) is 0 Å². The minimum absolute atomic E-state index is 0.292. The number of carbonyl (C=O) groups excluding carboxylic acids is 3. The molecule has 1 saturated heterocycles. The summed E-state index contributed by atoms with van der Waals surface area (Å²) in [6, 6.07) is 10.8. The van der Waals surface area contributed by atoms with Gasteiger partial charge in [0.25, 0.3) is 11.1 Å². The Hall–Kier alpha value is -2.93. The number of thioether (sulfide) groups is 1. The highest BCUT2D eigenvalue weighted by Gasteiger charge is 2.36. The first kappa shape index (κ1) is 16.9. The summed E-state index contributed by atoms with van der Waals surface area (Å²) in [5.74, 6) is -0.881. The van der Waals surface area contributed by atoms with Gasteiger partial charge in [-0.2, -0.15) is 0 Å². The molecule has 1 aliphatic heterocycles. The molecule has 1 fully saturated rings. The lowest BCUT2D eigenvalue weighted by Crippen LogP contribution is -2.36. The molecule has 3 amide bonds. The predicted molar refractivity (Wildman–Crippen MR) is 96.7 cm³/mol. The molecule has 1 aromatic carbocycles. The number of para-hydroxylation sites is 1. The average Bonchev–Trinajstić information content (AvgIpc) is 2.85. The van der Waals surface area contributed by atoms with Gasteiger partial charge >= 0.3 is 0 Å². The highest BCUT2D eigenvalue weighted by Crippen LogP contribution is 2.32. The van der Waals surface area contributed by atoms with E-state index in [1.54, 1.807) is 42.7 Å². The molecular weight excluding hydrogens is 338 g/mol. The summed E-state index contributed by atoms with van der Waals surface area (Å²) in [4.78, 5) is 41.8. The molecule has 0 radical (unpaired) electrons. The van der Waals surface area contributed by atoms with Crippen LogP contribution < -0.4 is 5.32 Å². The number of benzene rings is 1. The molecule has 6 nitrogen and oxygen atoms in total. The van der Waals surface area contributed by atoms with E-state index >= 15 is 0 Å². The van der Waals surface area contributed by atoms with E-state index in [2.05, 4.69) is 10.3 Å². The Morgan fingerprint density at radius 1 is 1.20 bits per heavy atom. The Morgan fingerprint density at radius 2 is 1.92 bits per heavy atom. The maximum atomic E-state index is 12.4. The Labute approximate surface area is 148 Å². The summed E-state index contributed by atoms with van der Waals surface area (Å²) in [6.45, 7) is 1.56. The second-order valence-corrected chi connectivity index (χ2v) is 6.40. The SMILES string of the molecule is Cc1ccccc1NC(=O)CN1C(=O)S/C(=C\c2ccncc2)C1=O. The molecule has 126 valence electrons. The summed E-state index contributed by atoms with van der Waals surface area (Å²) in [7, 11) is 0. The lowest BCUT2D eigenvalue weighted by atomic mass is 10.2. The van der Waals surface area contributed by atoms with Crippen molar-refractivity contribution in [3.05, 3.63) is 64.8 Å². The summed E-state index contributed by atoms with van der Waals surface area (Å²) in [6.07, 6.45) is 4.82. The highest BCUT2D eigenvalue weighted by atomic mass is 32.2. The van der Waals surface area contributed by atoms with Gasteiger partial charge < -0.3 is 5.32 Å². The minimum atomic E-state index is -0.466. The van der Waals surface area contributed by atoms with Crippen LogP contribution in [0.4, 0.5) is 10.5 Å². The molecule has 2 heterocycles. The molecule has 0 spiro atoms. The van der Waals surface area contributed by atoms with Crippen LogP contribution in [0.5, 0.6) is 0 Å². The van der Waals surface area contributed by atoms with E-state index < -0.39 is 17.1 Å². The third-order valence-electron chi connectivity index (χ3n) is 3.60. The number of pyridine rings is 1. The van der Waals surface area contributed by atoms with Gasteiger partial charge in [0.15, 0.2) is 0 Å². The van der Waals surface area contributed by atoms with E-state index in [1.165, 1.54) is 0 Å². The van der Waals surface area contributed by atoms with E-state index in [9.17, 15) is 14.4 Å². The summed E-state index contributed by atoms with van der Waals surface area (Å²) in [5, 5.41) is 2.27. The zero-order valence-electron chi connectivity index (χ0n) is 13.4. The Balaban J connectivity index is 1.70. The van der Waals surface area contributed by atoms with Crippen molar-refractivity contribution in [1.29, 1.82) is 0 Å². The largest absolute Gasteiger partial charge is 0.324 e. The molecule has 0 bridgehead atoms. The van der Waals surface area contributed by atoms with Crippen LogP contribution in [-0.4, -0.2) is 33.5 Å². The fourth-order valence-electron chi connectivity index (χ4n) is 2.29. The van der Waals surface area contributed by atoms with Crippen molar-refractivity contribution in [3.63, 3.8) is 0 Å². The number of carbonyl (C=O) groups is 3. The van der Waals surface area contributed by atoms with Crippen LogP contribution in [0.25, 0.3) is 6.08 Å². The van der Waals surface area contributed by atoms with Gasteiger partial charge in [-0.25, -0.2) is 0 Å². The van der Waals surface area contributed by atoms with Gasteiger partial charge in [0.05, 0.1) is 4.91 Å². The summed E-state index contributed by atoms with van der Waals surface area (Å²) in [5.41, 5.74) is 2.33. The van der Waals surface area contributed by atoms with Gasteiger partial charge in [-0.15, -0.1) is 0 Å². The second kappa shape index (κ2) is 7.31. The van der Waals surface area contributed by atoms with Crippen LogP contribution in [0.2, 0.25) is 0 Å². The third-order valence-corrected chi connectivity index (χ3v) is 4.51. The number of nitrogens with zero attached hydrogens (tertiary/aromatic N) is 2. The van der Waals surface area contributed by atoms with E-state index in [4.69, 9.17) is 0 Å². The van der Waals surface area contributed by atoms with Gasteiger partial charge in [-0.05, 0) is 54.1 Å². The number of hydrogen-bond acceptors (Lipinski definition) is 5. The molecule has 3 rings (SSSR count). The molecule has 2 aromatic rings. The van der Waals surface area contributed by atoms with Gasteiger partial charge in [0.2, 0.25) is 5.91 Å². The first-order chi connectivity index (χ1) is 12.0. The number of rotatable bonds is 4. The van der Waals surface area contributed by atoms with Crippen molar-refractivity contribution in [2.75, 3.05) is 11.9 Å². The maximum Gasteiger partial charge on any atom is 0.294 e. The smallest absolute Gasteiger partial charge is 0.294 e. The number of aryl methyl sites for hydroxylation is 1. The molecule has 1 aromatic heterocycles. The number of hydrogen-bond donors (Lipinski definition) is 1. The van der Waals surface area contributed by atoms with E-state index in [0.29, 0.717) is 10.6 Å². The standard InChI is InChI=1S/C18H15N3O3S/c1-12-4-2-3-5-14(12)20-16(22)11-21-17(23)15(25-18(21)24)10-13-6-8-19-9-7-13/h2-10H,11H2,1H3,(H,20,22)/b15-10-. The fourth-order valence-corrected chi connectivity index (χ4v) is 3.13. The zero-order valence-corrected chi connectivity index (χ0v) is 14.2. The number of anilines is 1. The number of imide groups is 1. The van der Waals surface area contributed by atoms with Crippen LogP contribution in [0, 0.1) is 6.92 Å². The Kier molecular flexibility index (Phi) is 4.95. The number of amides is 3. The van der Waals surface area contributed by atoms with Crippen LogP contribution in [-0.2, 0) is 9.59 Å². The Bertz CT molecular complexity index is 865. The quantitative estimate of drug-likeness (QED) is 0.855. The van der Waals surface area contributed by atoms with E-state index in [-0.39, 0.29) is 6.54 Å². The van der Waals surface area contributed by atoms with Gasteiger partial charge in [0.1, 0.15) is 6.54 Å². The summed E-state index contributed by atoms with van der Waals surface area (Å²) >= 11 is 0.826. The van der Waals surface area contributed by atoms with Crippen LogP contribution in [0.1, 0.15) is 11.1 Å². The van der Waals surface area contributed by atoms with Crippen molar-refractivity contribution in [2.45, 2.75) is 6.92 Å². The molecule has 0 atom stereocenters. The highest BCUT2D eigenvalue weighted by molar-refractivity contribution is 8.18. The van der Waals surface area contributed by atoms with Crippen molar-refractivity contribution >= 4 is 40.6 Å². The first-order valence-electron chi connectivity index (χ1n) is 7.55. The topological polar surface area (TPSA) is 79.4 Å². The van der Waals surface area contributed by atoms with Crippen LogP contribution >= 0.6 is 11.8 Å². The van der Waals surface area contributed by atoms with E-state index in [0.717, 1.165) is 27.8 Å². The van der Waals surface area contributed by atoms with Crippen LogP contribution in [0.3, 0.4) is 0 Å². The van der Waals surface area contributed by atoms with Crippen LogP contribution in [0.15, 0.2) is 53.7 Å². The van der Waals surface area contributed by atoms with Crippen molar-refractivity contribution in [2.24, 2.45) is 0 Å². The van der Waals surface area contributed by atoms with Crippen molar-refractivity contribution < 1.29 is 14.4 Å². The van der Waals surface area contributed by atoms with Gasteiger partial charge in [-0.1, -0.05) is 18.2 Å². The summed E-state index contributed by atoms with van der Waals surface area (Å²) < 4.78 is 0. The maximum absolute atomic E-state index is 12.4. The average molecular weight is 353 g/mol. The number of nitrogens with one attached hydrogen (secondary N) is 1. The van der Waals surface area contributed by atoms with Gasteiger partial charge in [0, 0.05) is 18.1 Å². The van der Waals surface area contributed by atoms with Gasteiger partial charge in [-0.3, -0.25) is 24.3 Å². The third kappa shape index (κ3) is 3.95. The molecule has 0 unspecified atom stereocenters. The minimum Gasteiger partial charge on any atom is -0.324 e. The molecule has 0 aliphatic carbocycles. The molecule has 0 saturated carbocycles. The molecule has 25 heavy (non-hydrogen) atoms. The Morgan fingerprint density at radius 3 is 2.64 bits per heavy atom.